The van der Waals surface area contributed by atoms with Crippen molar-refractivity contribution in [3.05, 3.63) is 0 Å². The highest BCUT2D eigenvalue weighted by Gasteiger charge is 2.32. The molecule has 0 bridgehead atoms. The van der Waals surface area contributed by atoms with Gasteiger partial charge in [-0.1, -0.05) is 13.3 Å². The van der Waals surface area contributed by atoms with Gasteiger partial charge in [-0.3, -0.25) is 4.79 Å². The van der Waals surface area contributed by atoms with Gasteiger partial charge in [0.25, 0.3) is 0 Å². The lowest BCUT2D eigenvalue weighted by Gasteiger charge is -2.11. The number of ether oxygens (including phenoxy) is 1. The molecule has 64 valence electrons. The van der Waals surface area contributed by atoms with Crippen LogP contribution in [0.25, 0.3) is 0 Å². The van der Waals surface area contributed by atoms with Crippen LogP contribution in [0, 0.1) is 0 Å². The van der Waals surface area contributed by atoms with Gasteiger partial charge in [0, 0.05) is 0 Å². The number of hydrogen-bond acceptors (Lipinski definition) is 3. The van der Waals surface area contributed by atoms with Crippen molar-refractivity contribution in [1.82, 2.24) is 0 Å². The number of esters is 1. The Hall–Kier alpha value is -0.570. The molecule has 1 fully saturated rings. The fourth-order valence-electron chi connectivity index (χ4n) is 1.25. The standard InChI is InChI=1S/C8H14O3/c1-2-3-4-7-6(9)5-8(10)11-7/h6-7,9H,2-5H2,1H3/t6-,7-/m1/s1. The number of aliphatic hydroxyl groups excluding tert-OH is 1. The van der Waals surface area contributed by atoms with Gasteiger partial charge in [0.1, 0.15) is 12.2 Å². The molecule has 3 heteroatoms. The topological polar surface area (TPSA) is 46.5 Å². The summed E-state index contributed by atoms with van der Waals surface area (Å²) in [6.07, 6.45) is 2.25. The fourth-order valence-corrected chi connectivity index (χ4v) is 1.25. The lowest BCUT2D eigenvalue weighted by Crippen LogP contribution is -2.20. The van der Waals surface area contributed by atoms with Crippen LogP contribution >= 0.6 is 0 Å². The molecule has 0 spiro atoms. The number of aliphatic hydroxyl groups is 1. The van der Waals surface area contributed by atoms with Crippen molar-refractivity contribution < 1.29 is 14.6 Å². The molecule has 0 aromatic heterocycles. The van der Waals surface area contributed by atoms with E-state index in [0.717, 1.165) is 19.3 Å². The first-order chi connectivity index (χ1) is 5.24. The van der Waals surface area contributed by atoms with E-state index in [-0.39, 0.29) is 18.5 Å². The second-order valence-corrected chi connectivity index (χ2v) is 2.94. The summed E-state index contributed by atoms with van der Waals surface area (Å²) >= 11 is 0. The maximum atomic E-state index is 10.6. The molecule has 0 amide bonds. The highest BCUT2D eigenvalue weighted by atomic mass is 16.6. The number of carbonyl (C=O) groups is 1. The van der Waals surface area contributed by atoms with E-state index in [1.165, 1.54) is 0 Å². The molecule has 1 rings (SSSR count). The van der Waals surface area contributed by atoms with Crippen molar-refractivity contribution in [2.24, 2.45) is 0 Å². The molecular weight excluding hydrogens is 144 g/mol. The monoisotopic (exact) mass is 158 g/mol. The molecule has 2 atom stereocenters. The molecule has 0 unspecified atom stereocenters. The van der Waals surface area contributed by atoms with Gasteiger partial charge in [-0.05, 0) is 12.8 Å². The van der Waals surface area contributed by atoms with Gasteiger partial charge in [-0.25, -0.2) is 0 Å². The second-order valence-electron chi connectivity index (χ2n) is 2.94. The molecule has 0 aliphatic carbocycles. The maximum absolute atomic E-state index is 10.6. The average molecular weight is 158 g/mol. The van der Waals surface area contributed by atoms with Gasteiger partial charge >= 0.3 is 5.97 Å². The van der Waals surface area contributed by atoms with Crippen molar-refractivity contribution in [2.45, 2.75) is 44.8 Å². The second kappa shape index (κ2) is 3.72. The summed E-state index contributed by atoms with van der Waals surface area (Å²) in [6.45, 7) is 2.07. The zero-order valence-electron chi connectivity index (χ0n) is 6.75. The minimum atomic E-state index is -0.561. The minimum absolute atomic E-state index is 0.175. The Bertz CT molecular complexity index is 144. The maximum Gasteiger partial charge on any atom is 0.308 e. The Morgan fingerprint density at radius 3 is 2.91 bits per heavy atom. The van der Waals surface area contributed by atoms with E-state index in [9.17, 15) is 9.90 Å². The van der Waals surface area contributed by atoms with E-state index in [4.69, 9.17) is 4.74 Å². The summed E-state index contributed by atoms with van der Waals surface area (Å²) in [4.78, 5) is 10.6. The molecule has 1 saturated heterocycles. The fraction of sp³-hybridized carbons (Fsp3) is 0.875. The molecule has 0 saturated carbocycles. The predicted molar refractivity (Wildman–Crippen MR) is 40.0 cm³/mol. The summed E-state index contributed by atoms with van der Waals surface area (Å²) < 4.78 is 4.89. The minimum Gasteiger partial charge on any atom is -0.460 e. The van der Waals surface area contributed by atoms with Crippen molar-refractivity contribution in [1.29, 1.82) is 0 Å². The summed E-state index contributed by atoms with van der Waals surface area (Å²) in [5.41, 5.74) is 0. The third-order valence-corrected chi connectivity index (χ3v) is 1.93. The highest BCUT2D eigenvalue weighted by molar-refractivity contribution is 5.72. The van der Waals surface area contributed by atoms with Crippen LogP contribution in [0.1, 0.15) is 32.6 Å². The number of rotatable bonds is 3. The van der Waals surface area contributed by atoms with Crippen molar-refractivity contribution in [2.75, 3.05) is 0 Å². The Kier molecular flexibility index (Phi) is 2.88. The number of unbranched alkanes of at least 4 members (excludes halogenated alkanes) is 1. The molecule has 0 aromatic carbocycles. The third-order valence-electron chi connectivity index (χ3n) is 1.93. The Labute approximate surface area is 66.4 Å². The van der Waals surface area contributed by atoms with E-state index in [1.807, 2.05) is 0 Å². The summed E-state index contributed by atoms with van der Waals surface area (Å²) in [7, 11) is 0. The Balaban J connectivity index is 2.28. The largest absolute Gasteiger partial charge is 0.460 e. The normalized spacial score (nSPS) is 30.5. The molecule has 0 aromatic rings. The van der Waals surface area contributed by atoms with Crippen molar-refractivity contribution in [3.63, 3.8) is 0 Å². The van der Waals surface area contributed by atoms with Gasteiger partial charge in [0.2, 0.25) is 0 Å². The molecule has 1 N–H and O–H groups in total. The molecular formula is C8H14O3. The summed E-state index contributed by atoms with van der Waals surface area (Å²) in [6, 6.07) is 0. The predicted octanol–water partition coefficient (Wildman–Crippen LogP) is 0.853. The highest BCUT2D eigenvalue weighted by Crippen LogP contribution is 2.19. The SMILES string of the molecule is CCCC[C@H]1OC(=O)C[C@H]1O. The Morgan fingerprint density at radius 2 is 2.45 bits per heavy atom. The van der Waals surface area contributed by atoms with Crippen LogP contribution in [0.15, 0.2) is 0 Å². The van der Waals surface area contributed by atoms with E-state index < -0.39 is 6.10 Å². The Morgan fingerprint density at radius 1 is 1.73 bits per heavy atom. The van der Waals surface area contributed by atoms with Gasteiger partial charge in [0.15, 0.2) is 0 Å². The van der Waals surface area contributed by atoms with E-state index in [0.29, 0.717) is 0 Å². The lowest BCUT2D eigenvalue weighted by molar-refractivity contribution is -0.142. The van der Waals surface area contributed by atoms with Crippen molar-refractivity contribution in [3.8, 4) is 0 Å². The quantitative estimate of drug-likeness (QED) is 0.619. The van der Waals surface area contributed by atoms with E-state index >= 15 is 0 Å². The molecule has 0 radical (unpaired) electrons. The van der Waals surface area contributed by atoms with Crippen LogP contribution < -0.4 is 0 Å². The molecule has 1 aliphatic heterocycles. The zero-order chi connectivity index (χ0) is 8.27. The molecule has 11 heavy (non-hydrogen) atoms. The first-order valence-corrected chi connectivity index (χ1v) is 4.11. The van der Waals surface area contributed by atoms with Crippen LogP contribution in [0.3, 0.4) is 0 Å². The van der Waals surface area contributed by atoms with Crippen LogP contribution in [0.4, 0.5) is 0 Å². The molecule has 1 heterocycles. The summed E-state index contributed by atoms with van der Waals surface area (Å²) in [5, 5.41) is 9.24. The summed E-state index contributed by atoms with van der Waals surface area (Å²) in [5.74, 6) is -0.265. The average Bonchev–Trinajstić information content (AvgIpc) is 2.26. The van der Waals surface area contributed by atoms with E-state index in [1.54, 1.807) is 0 Å². The van der Waals surface area contributed by atoms with Crippen LogP contribution in [-0.2, 0) is 9.53 Å². The van der Waals surface area contributed by atoms with Crippen LogP contribution in [0.5, 0.6) is 0 Å². The van der Waals surface area contributed by atoms with Gasteiger partial charge < -0.3 is 9.84 Å². The van der Waals surface area contributed by atoms with Crippen LogP contribution in [-0.4, -0.2) is 23.3 Å². The van der Waals surface area contributed by atoms with Gasteiger partial charge in [0.05, 0.1) is 6.42 Å². The van der Waals surface area contributed by atoms with Gasteiger partial charge in [-0.2, -0.15) is 0 Å². The third kappa shape index (κ3) is 2.19. The first-order valence-electron chi connectivity index (χ1n) is 4.11. The van der Waals surface area contributed by atoms with E-state index in [2.05, 4.69) is 6.92 Å². The zero-order valence-corrected chi connectivity index (χ0v) is 6.75. The van der Waals surface area contributed by atoms with Crippen molar-refractivity contribution >= 4 is 5.97 Å². The molecule has 1 aliphatic rings. The van der Waals surface area contributed by atoms with Gasteiger partial charge in [-0.15, -0.1) is 0 Å². The smallest absolute Gasteiger partial charge is 0.308 e. The number of carbonyl (C=O) groups excluding carboxylic acids is 1. The number of cyclic esters (lactones) is 1. The first kappa shape index (κ1) is 8.53. The lowest BCUT2D eigenvalue weighted by atomic mass is 10.1. The number of hydrogen-bond donors (Lipinski definition) is 1. The van der Waals surface area contributed by atoms with Crippen LogP contribution in [0.2, 0.25) is 0 Å². The molecule has 3 nitrogen and oxygen atoms in total.